The number of nitrogens with zero attached hydrogens (tertiary/aromatic N) is 1. The summed E-state index contributed by atoms with van der Waals surface area (Å²) in [6.45, 7) is -0.669. The maximum Gasteiger partial charge on any atom is 0.341 e. The van der Waals surface area contributed by atoms with E-state index < -0.39 is 23.4 Å². The Labute approximate surface area is 192 Å². The van der Waals surface area contributed by atoms with Gasteiger partial charge in [0.15, 0.2) is 18.2 Å². The molecule has 0 bridgehead atoms. The van der Waals surface area contributed by atoms with Gasteiger partial charge in [0.25, 0.3) is 11.6 Å². The highest BCUT2D eigenvalue weighted by Gasteiger charge is 2.29. The lowest BCUT2D eigenvalue weighted by Crippen LogP contribution is -2.23. The van der Waals surface area contributed by atoms with Crippen LogP contribution >= 0.6 is 0 Å². The van der Waals surface area contributed by atoms with Crippen molar-refractivity contribution in [1.29, 1.82) is 0 Å². The maximum absolute atomic E-state index is 12.8. The molecule has 0 radical (unpaired) electrons. The minimum Gasteiger partial charge on any atom is -0.452 e. The van der Waals surface area contributed by atoms with Gasteiger partial charge >= 0.3 is 5.97 Å². The highest BCUT2D eigenvalue weighted by Crippen LogP contribution is 2.29. The molecule has 0 spiro atoms. The molecule has 0 aromatic heterocycles. The number of hydrogen-bond donors (Lipinski definition) is 2. The summed E-state index contributed by atoms with van der Waals surface area (Å²) in [7, 11) is 1.53. The first kappa shape index (κ1) is 22.3. The summed E-state index contributed by atoms with van der Waals surface area (Å²) < 4.78 is 5.00. The second kappa shape index (κ2) is 8.94. The number of esters is 1. The molecule has 0 saturated carbocycles. The third-order valence-electron chi connectivity index (χ3n) is 5.25. The molecule has 0 fully saturated rings. The quantitative estimate of drug-likeness (QED) is 0.254. The molecule has 1 amide bonds. The van der Waals surface area contributed by atoms with Crippen LogP contribution in [0.3, 0.4) is 0 Å². The molecular formula is C24H17N3O7. The van der Waals surface area contributed by atoms with Crippen LogP contribution in [0.5, 0.6) is 0 Å². The predicted molar refractivity (Wildman–Crippen MR) is 121 cm³/mol. The standard InChI is InChI=1S/C24H17N3O7/c1-25-20-9-7-14(27(32)33)11-19(20)24(31)34-12-21(28)26-13-6-8-17-18(10-13)23(30)16-5-3-2-4-15(16)22(17)29/h2-11,25H,12H2,1H3,(H,26,28). The van der Waals surface area contributed by atoms with Crippen LogP contribution in [0.2, 0.25) is 0 Å². The van der Waals surface area contributed by atoms with Crippen LogP contribution < -0.4 is 10.6 Å². The number of fused-ring (bicyclic) bond motifs is 2. The predicted octanol–water partition coefficient (Wildman–Crippen LogP) is 3.21. The number of ether oxygens (including phenoxy) is 1. The van der Waals surface area contributed by atoms with E-state index in [1.54, 1.807) is 24.3 Å². The highest BCUT2D eigenvalue weighted by atomic mass is 16.6. The van der Waals surface area contributed by atoms with E-state index in [9.17, 15) is 29.3 Å². The fraction of sp³-hybridized carbons (Fsp3) is 0.0833. The fourth-order valence-electron chi connectivity index (χ4n) is 3.62. The number of nitro groups is 1. The Morgan fingerprint density at radius 1 is 0.912 bits per heavy atom. The molecule has 2 N–H and O–H groups in total. The van der Waals surface area contributed by atoms with Gasteiger partial charge in [-0.05, 0) is 24.3 Å². The summed E-state index contributed by atoms with van der Waals surface area (Å²) in [4.78, 5) is 60.5. The number of benzene rings is 3. The number of non-ortho nitro benzene ring substituents is 1. The Morgan fingerprint density at radius 2 is 1.56 bits per heavy atom. The lowest BCUT2D eigenvalue weighted by atomic mass is 9.84. The summed E-state index contributed by atoms with van der Waals surface area (Å²) >= 11 is 0. The summed E-state index contributed by atoms with van der Waals surface area (Å²) in [5.41, 5.74) is 1.15. The molecule has 0 saturated heterocycles. The zero-order valence-electron chi connectivity index (χ0n) is 17.8. The molecular weight excluding hydrogens is 442 g/mol. The van der Waals surface area contributed by atoms with Crippen LogP contribution in [0.25, 0.3) is 0 Å². The molecule has 10 nitrogen and oxygen atoms in total. The van der Waals surface area contributed by atoms with Crippen molar-refractivity contribution in [1.82, 2.24) is 0 Å². The maximum atomic E-state index is 12.8. The molecule has 34 heavy (non-hydrogen) atoms. The highest BCUT2D eigenvalue weighted by molar-refractivity contribution is 6.28. The van der Waals surface area contributed by atoms with Gasteiger partial charge in [-0.1, -0.05) is 24.3 Å². The van der Waals surface area contributed by atoms with E-state index in [1.807, 2.05) is 0 Å². The van der Waals surface area contributed by atoms with Crippen LogP contribution in [-0.4, -0.2) is 42.0 Å². The summed E-state index contributed by atoms with van der Waals surface area (Å²) in [6, 6.07) is 14.5. The van der Waals surface area contributed by atoms with E-state index in [2.05, 4.69) is 10.6 Å². The van der Waals surface area contributed by atoms with Crippen molar-refractivity contribution in [3.8, 4) is 0 Å². The van der Waals surface area contributed by atoms with Crippen LogP contribution in [0.15, 0.2) is 60.7 Å². The molecule has 4 rings (SSSR count). The lowest BCUT2D eigenvalue weighted by Gasteiger charge is -2.18. The zero-order valence-corrected chi connectivity index (χ0v) is 17.8. The summed E-state index contributed by atoms with van der Waals surface area (Å²) in [5, 5.41) is 16.2. The van der Waals surface area contributed by atoms with E-state index in [1.165, 1.54) is 37.4 Å². The summed E-state index contributed by atoms with van der Waals surface area (Å²) in [6.07, 6.45) is 0. The molecule has 0 heterocycles. The van der Waals surface area contributed by atoms with Gasteiger partial charge in [0.1, 0.15) is 0 Å². The number of ketones is 2. The molecule has 0 unspecified atom stereocenters. The van der Waals surface area contributed by atoms with Gasteiger partial charge in [0.05, 0.1) is 10.5 Å². The van der Waals surface area contributed by atoms with Crippen LogP contribution in [0.1, 0.15) is 42.2 Å². The van der Waals surface area contributed by atoms with Gasteiger partial charge in [-0.15, -0.1) is 0 Å². The molecule has 3 aromatic carbocycles. The normalized spacial score (nSPS) is 11.8. The zero-order chi connectivity index (χ0) is 24.4. The van der Waals surface area contributed by atoms with Gasteiger partial charge in [-0.25, -0.2) is 4.79 Å². The smallest absolute Gasteiger partial charge is 0.341 e. The molecule has 3 aromatic rings. The SMILES string of the molecule is CNc1ccc([N+](=O)[O-])cc1C(=O)OCC(=O)Nc1ccc2c(c1)C(=O)c1ccccc1C2=O. The van der Waals surface area contributed by atoms with Crippen molar-refractivity contribution in [3.63, 3.8) is 0 Å². The van der Waals surface area contributed by atoms with Gasteiger partial charge < -0.3 is 15.4 Å². The van der Waals surface area contributed by atoms with E-state index in [4.69, 9.17) is 4.74 Å². The number of amides is 1. The van der Waals surface area contributed by atoms with Crippen molar-refractivity contribution < 1.29 is 28.8 Å². The monoisotopic (exact) mass is 459 g/mol. The van der Waals surface area contributed by atoms with Gasteiger partial charge in [-0.3, -0.25) is 24.5 Å². The first-order valence-corrected chi connectivity index (χ1v) is 10.1. The third-order valence-corrected chi connectivity index (χ3v) is 5.25. The first-order chi connectivity index (χ1) is 16.3. The van der Waals surface area contributed by atoms with E-state index in [0.29, 0.717) is 11.3 Å². The topological polar surface area (TPSA) is 145 Å². The Bertz CT molecular complexity index is 1380. The van der Waals surface area contributed by atoms with Crippen LogP contribution in [-0.2, 0) is 9.53 Å². The number of nitro benzene ring substituents is 1. The number of carbonyl (C=O) groups excluding carboxylic acids is 4. The molecule has 10 heteroatoms. The number of rotatable bonds is 6. The Morgan fingerprint density at radius 3 is 2.21 bits per heavy atom. The van der Waals surface area contributed by atoms with E-state index in [0.717, 1.165) is 6.07 Å². The third kappa shape index (κ3) is 4.11. The second-order valence-corrected chi connectivity index (χ2v) is 7.33. The van der Waals surface area contributed by atoms with Crippen molar-refractivity contribution in [2.45, 2.75) is 0 Å². The van der Waals surface area contributed by atoms with Gasteiger partial charge in [0.2, 0.25) is 0 Å². The molecule has 0 atom stereocenters. The lowest BCUT2D eigenvalue weighted by molar-refractivity contribution is -0.384. The Hall–Kier alpha value is -4.86. The first-order valence-electron chi connectivity index (χ1n) is 10.1. The number of nitrogens with one attached hydrogen (secondary N) is 2. The van der Waals surface area contributed by atoms with Gasteiger partial charge in [-0.2, -0.15) is 0 Å². The van der Waals surface area contributed by atoms with Gasteiger partial charge in [0, 0.05) is 52.8 Å². The molecule has 0 aliphatic heterocycles. The second-order valence-electron chi connectivity index (χ2n) is 7.33. The number of carbonyl (C=O) groups is 4. The number of anilines is 2. The average molecular weight is 459 g/mol. The van der Waals surface area contributed by atoms with Crippen molar-refractivity contribution in [2.75, 3.05) is 24.3 Å². The van der Waals surface area contributed by atoms with E-state index in [-0.39, 0.29) is 45.2 Å². The fourth-order valence-corrected chi connectivity index (χ4v) is 3.62. The Balaban J connectivity index is 1.46. The minimum absolute atomic E-state index is 0.0962. The van der Waals surface area contributed by atoms with E-state index >= 15 is 0 Å². The average Bonchev–Trinajstić information content (AvgIpc) is 2.85. The largest absolute Gasteiger partial charge is 0.452 e. The van der Waals surface area contributed by atoms with Crippen LogP contribution in [0, 0.1) is 10.1 Å². The molecule has 170 valence electrons. The van der Waals surface area contributed by atoms with Crippen molar-refractivity contribution in [2.24, 2.45) is 0 Å². The van der Waals surface area contributed by atoms with Crippen molar-refractivity contribution >= 4 is 40.5 Å². The Kier molecular flexibility index (Phi) is 5.88. The minimum atomic E-state index is -0.925. The summed E-state index contributed by atoms with van der Waals surface area (Å²) in [5.74, 6) is -2.24. The molecule has 1 aliphatic rings. The van der Waals surface area contributed by atoms with Crippen molar-refractivity contribution in [3.05, 3.63) is 98.6 Å². The number of hydrogen-bond acceptors (Lipinski definition) is 8. The van der Waals surface area contributed by atoms with Crippen LogP contribution in [0.4, 0.5) is 17.1 Å². The molecule has 1 aliphatic carbocycles.